The summed E-state index contributed by atoms with van der Waals surface area (Å²) < 4.78 is 1.55. The molecule has 17 heavy (non-hydrogen) atoms. The second-order valence-corrected chi connectivity index (χ2v) is 3.98. The molecule has 2 rings (SSSR count). The molecule has 0 aliphatic carbocycles. The third-order valence-electron chi connectivity index (χ3n) is 2.18. The molecule has 0 spiro atoms. The first-order chi connectivity index (χ1) is 8.06. The van der Waals surface area contributed by atoms with Crippen LogP contribution in [0.4, 0.5) is 11.4 Å². The summed E-state index contributed by atoms with van der Waals surface area (Å²) in [7, 11) is 1.74. The van der Waals surface area contributed by atoms with Gasteiger partial charge in [-0.2, -0.15) is 5.10 Å². The molecule has 0 radical (unpaired) electrons. The maximum atomic E-state index is 11.8. The number of nitrogens with two attached hydrogens (primary N) is 1. The third-order valence-corrected chi connectivity index (χ3v) is 2.51. The number of amides is 1. The van der Waals surface area contributed by atoms with E-state index in [4.69, 9.17) is 17.3 Å². The molecule has 6 heteroatoms. The van der Waals surface area contributed by atoms with Crippen LogP contribution in [0.1, 0.15) is 10.5 Å². The number of nitrogen functional groups attached to an aromatic ring is 1. The number of nitrogens with zero attached hydrogens (tertiary/aromatic N) is 2. The van der Waals surface area contributed by atoms with E-state index in [9.17, 15) is 4.79 Å². The first kappa shape index (κ1) is 11.5. The molecule has 1 heterocycles. The van der Waals surface area contributed by atoms with Gasteiger partial charge in [0.25, 0.3) is 5.91 Å². The van der Waals surface area contributed by atoms with Gasteiger partial charge in [-0.15, -0.1) is 0 Å². The van der Waals surface area contributed by atoms with Crippen LogP contribution in [0.3, 0.4) is 0 Å². The van der Waals surface area contributed by atoms with Crippen LogP contribution >= 0.6 is 11.6 Å². The number of aromatic nitrogens is 2. The van der Waals surface area contributed by atoms with E-state index in [1.54, 1.807) is 42.2 Å². The number of anilines is 2. The van der Waals surface area contributed by atoms with Gasteiger partial charge in [-0.3, -0.25) is 9.48 Å². The van der Waals surface area contributed by atoms with Gasteiger partial charge in [0, 0.05) is 18.9 Å². The minimum atomic E-state index is -0.321. The van der Waals surface area contributed by atoms with E-state index in [2.05, 4.69) is 10.4 Å². The minimum Gasteiger partial charge on any atom is -0.399 e. The van der Waals surface area contributed by atoms with Crippen LogP contribution in [0.15, 0.2) is 30.5 Å². The lowest BCUT2D eigenvalue weighted by Crippen LogP contribution is -2.13. The molecule has 3 N–H and O–H groups in total. The fraction of sp³-hybridized carbons (Fsp3) is 0.0909. The van der Waals surface area contributed by atoms with Crippen molar-refractivity contribution in [2.45, 2.75) is 0 Å². The van der Waals surface area contributed by atoms with Gasteiger partial charge in [-0.05, 0) is 24.3 Å². The van der Waals surface area contributed by atoms with Gasteiger partial charge in [-0.25, -0.2) is 0 Å². The van der Waals surface area contributed by atoms with E-state index >= 15 is 0 Å². The van der Waals surface area contributed by atoms with E-state index in [1.165, 1.54) is 0 Å². The highest BCUT2D eigenvalue weighted by molar-refractivity contribution is 6.34. The zero-order chi connectivity index (χ0) is 12.4. The molecule has 0 aliphatic rings. The average molecular weight is 251 g/mol. The Bertz CT molecular complexity index is 564. The molecule has 2 aromatic rings. The highest BCUT2D eigenvalue weighted by atomic mass is 35.5. The van der Waals surface area contributed by atoms with Gasteiger partial charge in [-0.1, -0.05) is 11.6 Å². The number of hydrogen-bond donors (Lipinski definition) is 2. The molecule has 0 atom stereocenters. The fourth-order valence-corrected chi connectivity index (χ4v) is 1.53. The van der Waals surface area contributed by atoms with Crippen molar-refractivity contribution in [3.8, 4) is 0 Å². The van der Waals surface area contributed by atoms with Gasteiger partial charge in [0.15, 0.2) is 5.69 Å². The highest BCUT2D eigenvalue weighted by Crippen LogP contribution is 2.24. The summed E-state index contributed by atoms with van der Waals surface area (Å²) in [6.07, 6.45) is 1.69. The second-order valence-electron chi connectivity index (χ2n) is 3.57. The van der Waals surface area contributed by atoms with Gasteiger partial charge in [0.2, 0.25) is 0 Å². The summed E-state index contributed by atoms with van der Waals surface area (Å²) in [5, 5.41) is 7.08. The van der Waals surface area contributed by atoms with Gasteiger partial charge in [0.1, 0.15) is 0 Å². The SMILES string of the molecule is Cn1ccc(C(=O)Nc2cc(N)ccc2Cl)n1. The second kappa shape index (κ2) is 4.47. The first-order valence-electron chi connectivity index (χ1n) is 4.92. The van der Waals surface area contributed by atoms with E-state index in [0.29, 0.717) is 22.1 Å². The summed E-state index contributed by atoms with van der Waals surface area (Å²) in [5.41, 5.74) is 6.95. The summed E-state index contributed by atoms with van der Waals surface area (Å²) in [6.45, 7) is 0. The summed E-state index contributed by atoms with van der Waals surface area (Å²) in [5.74, 6) is -0.321. The van der Waals surface area contributed by atoms with Crippen molar-refractivity contribution >= 4 is 28.9 Å². The molecule has 0 unspecified atom stereocenters. The maximum Gasteiger partial charge on any atom is 0.276 e. The molecule has 1 aromatic heterocycles. The summed E-state index contributed by atoms with van der Waals surface area (Å²) >= 11 is 5.94. The molecule has 0 bridgehead atoms. The van der Waals surface area contributed by atoms with E-state index in [1.807, 2.05) is 0 Å². The van der Waals surface area contributed by atoms with Crippen molar-refractivity contribution in [2.24, 2.45) is 7.05 Å². The lowest BCUT2D eigenvalue weighted by molar-refractivity contribution is 0.102. The summed E-state index contributed by atoms with van der Waals surface area (Å²) in [4.78, 5) is 11.8. The molecular weight excluding hydrogens is 240 g/mol. The molecular formula is C11H11ClN4O. The standard InChI is InChI=1S/C11H11ClN4O/c1-16-5-4-9(15-16)11(17)14-10-6-7(13)2-3-8(10)12/h2-6H,13H2,1H3,(H,14,17). The Morgan fingerprint density at radius 3 is 2.88 bits per heavy atom. The van der Waals surface area contributed by atoms with Crippen LogP contribution in [0, 0.1) is 0 Å². The lowest BCUT2D eigenvalue weighted by atomic mass is 10.2. The quantitative estimate of drug-likeness (QED) is 0.800. The fourth-order valence-electron chi connectivity index (χ4n) is 1.36. The van der Waals surface area contributed by atoms with Crippen LogP contribution < -0.4 is 11.1 Å². The maximum absolute atomic E-state index is 11.8. The number of halogens is 1. The van der Waals surface area contributed by atoms with Crippen LogP contribution in [0.25, 0.3) is 0 Å². The molecule has 88 valence electrons. The van der Waals surface area contributed by atoms with Crippen LogP contribution in [0.2, 0.25) is 5.02 Å². The highest BCUT2D eigenvalue weighted by Gasteiger charge is 2.11. The lowest BCUT2D eigenvalue weighted by Gasteiger charge is -2.06. The largest absolute Gasteiger partial charge is 0.399 e. The molecule has 0 saturated carbocycles. The molecule has 0 aliphatic heterocycles. The Morgan fingerprint density at radius 2 is 2.24 bits per heavy atom. The number of nitrogens with one attached hydrogen (secondary N) is 1. The molecule has 0 fully saturated rings. The number of benzene rings is 1. The van der Waals surface area contributed by atoms with Crippen molar-refractivity contribution in [3.63, 3.8) is 0 Å². The number of rotatable bonds is 2. The van der Waals surface area contributed by atoms with Crippen molar-refractivity contribution in [1.29, 1.82) is 0 Å². The molecule has 5 nitrogen and oxygen atoms in total. The predicted octanol–water partition coefficient (Wildman–Crippen LogP) is 1.91. The van der Waals surface area contributed by atoms with Crippen LogP contribution in [-0.4, -0.2) is 15.7 Å². The van der Waals surface area contributed by atoms with Crippen molar-refractivity contribution < 1.29 is 4.79 Å². The van der Waals surface area contributed by atoms with E-state index in [-0.39, 0.29) is 5.91 Å². The Labute approximate surface area is 103 Å². The monoisotopic (exact) mass is 250 g/mol. The summed E-state index contributed by atoms with van der Waals surface area (Å²) in [6, 6.07) is 6.52. The zero-order valence-corrected chi connectivity index (χ0v) is 9.90. The number of hydrogen-bond acceptors (Lipinski definition) is 3. The number of carbonyl (C=O) groups excluding carboxylic acids is 1. The van der Waals surface area contributed by atoms with Crippen molar-refractivity contribution in [1.82, 2.24) is 9.78 Å². The molecule has 1 aromatic carbocycles. The van der Waals surface area contributed by atoms with E-state index in [0.717, 1.165) is 0 Å². The van der Waals surface area contributed by atoms with Gasteiger partial charge in [0.05, 0.1) is 10.7 Å². The Hall–Kier alpha value is -2.01. The topological polar surface area (TPSA) is 72.9 Å². The Kier molecular flexibility index (Phi) is 3.01. The van der Waals surface area contributed by atoms with Gasteiger partial charge < -0.3 is 11.1 Å². The normalized spacial score (nSPS) is 10.2. The predicted molar refractivity (Wildman–Crippen MR) is 67.0 cm³/mol. The first-order valence-corrected chi connectivity index (χ1v) is 5.30. The Morgan fingerprint density at radius 1 is 1.47 bits per heavy atom. The molecule has 1 amide bonds. The minimum absolute atomic E-state index is 0.321. The van der Waals surface area contributed by atoms with Crippen molar-refractivity contribution in [3.05, 3.63) is 41.2 Å². The molecule has 0 saturated heterocycles. The zero-order valence-electron chi connectivity index (χ0n) is 9.14. The number of aryl methyl sites for hydroxylation is 1. The third kappa shape index (κ3) is 2.57. The number of carbonyl (C=O) groups is 1. The van der Waals surface area contributed by atoms with Gasteiger partial charge >= 0.3 is 0 Å². The van der Waals surface area contributed by atoms with Crippen LogP contribution in [-0.2, 0) is 7.05 Å². The average Bonchev–Trinajstić information content (AvgIpc) is 2.70. The van der Waals surface area contributed by atoms with Crippen molar-refractivity contribution in [2.75, 3.05) is 11.1 Å². The Balaban J connectivity index is 2.21. The smallest absolute Gasteiger partial charge is 0.276 e. The van der Waals surface area contributed by atoms with Crippen LogP contribution in [0.5, 0.6) is 0 Å². The van der Waals surface area contributed by atoms with E-state index < -0.39 is 0 Å².